The maximum absolute atomic E-state index is 13.4. The van der Waals surface area contributed by atoms with E-state index in [4.69, 9.17) is 0 Å². The minimum absolute atomic E-state index is 0.281. The minimum Gasteiger partial charge on any atom is -0.321 e. The molecule has 1 aromatic rings. The molecule has 17 heavy (non-hydrogen) atoms. The third kappa shape index (κ3) is 4.42. The van der Waals surface area contributed by atoms with Gasteiger partial charge in [0.15, 0.2) is 11.6 Å². The standard InChI is InChI=1S/C12H14BrF2NO/c1-2-3-4-5-11(17)16-12-9(14)6-8(13)7-10(12)15/h6-7H,2-5H2,1H3,(H,16,17). The zero-order chi connectivity index (χ0) is 12.8. The molecule has 0 atom stereocenters. The number of halogens is 3. The highest BCUT2D eigenvalue weighted by atomic mass is 79.9. The van der Waals surface area contributed by atoms with Crippen LogP contribution in [0.4, 0.5) is 14.5 Å². The van der Waals surface area contributed by atoms with E-state index in [9.17, 15) is 13.6 Å². The van der Waals surface area contributed by atoms with Gasteiger partial charge < -0.3 is 5.32 Å². The van der Waals surface area contributed by atoms with Crippen LogP contribution in [0.3, 0.4) is 0 Å². The Morgan fingerprint density at radius 3 is 2.41 bits per heavy atom. The molecule has 0 saturated carbocycles. The highest BCUT2D eigenvalue weighted by molar-refractivity contribution is 9.10. The number of hydrogen-bond acceptors (Lipinski definition) is 1. The molecular weight excluding hydrogens is 292 g/mol. The van der Waals surface area contributed by atoms with E-state index in [1.807, 2.05) is 6.92 Å². The predicted molar refractivity (Wildman–Crippen MR) is 66.8 cm³/mol. The van der Waals surface area contributed by atoms with Gasteiger partial charge in [0, 0.05) is 10.9 Å². The second-order valence-corrected chi connectivity index (χ2v) is 4.67. The van der Waals surface area contributed by atoms with Crippen LogP contribution in [-0.4, -0.2) is 5.91 Å². The lowest BCUT2D eigenvalue weighted by Crippen LogP contribution is -2.13. The van der Waals surface area contributed by atoms with Gasteiger partial charge in [-0.1, -0.05) is 35.7 Å². The molecule has 0 aromatic heterocycles. The van der Waals surface area contributed by atoms with Crippen LogP contribution in [0.5, 0.6) is 0 Å². The number of benzene rings is 1. The molecule has 0 saturated heterocycles. The lowest BCUT2D eigenvalue weighted by atomic mass is 10.2. The van der Waals surface area contributed by atoms with Gasteiger partial charge in [-0.25, -0.2) is 8.78 Å². The Morgan fingerprint density at radius 1 is 1.29 bits per heavy atom. The van der Waals surface area contributed by atoms with Crippen molar-refractivity contribution in [3.63, 3.8) is 0 Å². The van der Waals surface area contributed by atoms with Crippen LogP contribution in [0.25, 0.3) is 0 Å². The van der Waals surface area contributed by atoms with Gasteiger partial charge in [-0.2, -0.15) is 0 Å². The van der Waals surface area contributed by atoms with Gasteiger partial charge in [-0.05, 0) is 18.6 Å². The first-order chi connectivity index (χ1) is 8.04. The number of nitrogens with one attached hydrogen (secondary N) is 1. The number of amides is 1. The summed E-state index contributed by atoms with van der Waals surface area (Å²) in [4.78, 5) is 11.4. The van der Waals surface area contributed by atoms with Crippen molar-refractivity contribution in [1.29, 1.82) is 0 Å². The fourth-order valence-corrected chi connectivity index (χ4v) is 1.80. The first-order valence-corrected chi connectivity index (χ1v) is 6.28. The number of unbranched alkanes of at least 4 members (excludes halogenated alkanes) is 2. The highest BCUT2D eigenvalue weighted by Gasteiger charge is 2.13. The molecule has 0 spiro atoms. The van der Waals surface area contributed by atoms with Crippen molar-refractivity contribution in [3.8, 4) is 0 Å². The minimum atomic E-state index is -0.777. The van der Waals surface area contributed by atoms with Gasteiger partial charge in [-0.15, -0.1) is 0 Å². The first-order valence-electron chi connectivity index (χ1n) is 5.49. The molecule has 1 aromatic carbocycles. The highest BCUT2D eigenvalue weighted by Crippen LogP contribution is 2.23. The van der Waals surface area contributed by atoms with E-state index in [0.717, 1.165) is 31.4 Å². The van der Waals surface area contributed by atoms with Crippen molar-refractivity contribution in [2.45, 2.75) is 32.6 Å². The van der Waals surface area contributed by atoms with Gasteiger partial charge in [0.2, 0.25) is 5.91 Å². The van der Waals surface area contributed by atoms with Crippen molar-refractivity contribution in [2.24, 2.45) is 0 Å². The van der Waals surface area contributed by atoms with Gasteiger partial charge in [0.05, 0.1) is 0 Å². The van der Waals surface area contributed by atoms with E-state index in [-0.39, 0.29) is 18.0 Å². The van der Waals surface area contributed by atoms with Gasteiger partial charge >= 0.3 is 0 Å². The van der Waals surface area contributed by atoms with E-state index >= 15 is 0 Å². The summed E-state index contributed by atoms with van der Waals surface area (Å²) in [5.74, 6) is -1.92. The largest absolute Gasteiger partial charge is 0.321 e. The molecule has 1 N–H and O–H groups in total. The summed E-state index contributed by atoms with van der Waals surface area (Å²) in [5.41, 5.74) is -0.380. The van der Waals surface area contributed by atoms with E-state index in [1.165, 1.54) is 0 Å². The van der Waals surface area contributed by atoms with Crippen LogP contribution >= 0.6 is 15.9 Å². The van der Waals surface area contributed by atoms with Crippen molar-refractivity contribution in [2.75, 3.05) is 5.32 Å². The quantitative estimate of drug-likeness (QED) is 0.810. The molecule has 0 aliphatic heterocycles. The molecule has 0 fully saturated rings. The normalized spacial score (nSPS) is 10.4. The summed E-state index contributed by atoms with van der Waals surface area (Å²) in [6.07, 6.45) is 2.93. The van der Waals surface area contributed by atoms with Crippen molar-refractivity contribution in [3.05, 3.63) is 28.2 Å². The van der Waals surface area contributed by atoms with E-state index in [1.54, 1.807) is 0 Å². The zero-order valence-electron chi connectivity index (χ0n) is 9.53. The fraction of sp³-hybridized carbons (Fsp3) is 0.417. The average Bonchev–Trinajstić information content (AvgIpc) is 2.24. The monoisotopic (exact) mass is 305 g/mol. The molecule has 0 aliphatic carbocycles. The first kappa shape index (κ1) is 14.1. The van der Waals surface area contributed by atoms with Crippen LogP contribution < -0.4 is 5.32 Å². The Hall–Kier alpha value is -0.970. The smallest absolute Gasteiger partial charge is 0.224 e. The zero-order valence-corrected chi connectivity index (χ0v) is 11.1. The summed E-state index contributed by atoms with van der Waals surface area (Å²) in [5, 5.41) is 2.25. The number of carbonyl (C=O) groups is 1. The summed E-state index contributed by atoms with van der Waals surface area (Å²) in [6, 6.07) is 2.23. The third-order valence-corrected chi connectivity index (χ3v) is 2.74. The molecule has 94 valence electrons. The second kappa shape index (κ2) is 6.69. The Kier molecular flexibility index (Phi) is 5.55. The number of hydrogen-bond donors (Lipinski definition) is 1. The lowest BCUT2D eigenvalue weighted by Gasteiger charge is -2.07. The molecule has 1 rings (SSSR count). The van der Waals surface area contributed by atoms with Gasteiger partial charge in [0.25, 0.3) is 0 Å². The van der Waals surface area contributed by atoms with E-state index in [2.05, 4.69) is 21.2 Å². The molecule has 0 unspecified atom stereocenters. The molecule has 5 heteroatoms. The SMILES string of the molecule is CCCCCC(=O)Nc1c(F)cc(Br)cc1F. The topological polar surface area (TPSA) is 29.1 Å². The molecule has 2 nitrogen and oxygen atoms in total. The summed E-state index contributed by atoms with van der Waals surface area (Å²) < 4.78 is 27.1. The van der Waals surface area contributed by atoms with Crippen molar-refractivity contribution >= 4 is 27.5 Å². The summed E-state index contributed by atoms with van der Waals surface area (Å²) in [7, 11) is 0. The summed E-state index contributed by atoms with van der Waals surface area (Å²) in [6.45, 7) is 2.02. The molecule has 0 radical (unpaired) electrons. The van der Waals surface area contributed by atoms with Crippen molar-refractivity contribution < 1.29 is 13.6 Å². The van der Waals surface area contributed by atoms with Crippen LogP contribution in [-0.2, 0) is 4.79 Å². The maximum atomic E-state index is 13.4. The van der Waals surface area contributed by atoms with Gasteiger partial charge in [0.1, 0.15) is 5.69 Å². The van der Waals surface area contributed by atoms with Crippen LogP contribution in [0.15, 0.2) is 16.6 Å². The molecular formula is C12H14BrF2NO. The average molecular weight is 306 g/mol. The molecule has 1 amide bonds. The Morgan fingerprint density at radius 2 is 1.88 bits per heavy atom. The molecule has 0 heterocycles. The summed E-state index contributed by atoms with van der Waals surface area (Å²) >= 11 is 2.97. The Labute approximate surface area is 108 Å². The molecule has 0 bridgehead atoms. The number of anilines is 1. The van der Waals surface area contributed by atoms with Crippen molar-refractivity contribution in [1.82, 2.24) is 0 Å². The lowest BCUT2D eigenvalue weighted by molar-refractivity contribution is -0.116. The third-order valence-electron chi connectivity index (χ3n) is 2.28. The fourth-order valence-electron chi connectivity index (χ4n) is 1.40. The van der Waals surface area contributed by atoms with Gasteiger partial charge in [-0.3, -0.25) is 4.79 Å². The number of carbonyl (C=O) groups excluding carboxylic acids is 1. The van der Waals surface area contributed by atoms with Crippen LogP contribution in [0.1, 0.15) is 32.6 Å². The predicted octanol–water partition coefficient (Wildman–Crippen LogP) is 4.25. The van der Waals surface area contributed by atoms with Crippen LogP contribution in [0, 0.1) is 11.6 Å². The van der Waals surface area contributed by atoms with E-state index in [0.29, 0.717) is 4.47 Å². The Bertz CT molecular complexity index is 386. The molecule has 0 aliphatic rings. The Balaban J connectivity index is 2.65. The second-order valence-electron chi connectivity index (χ2n) is 3.75. The van der Waals surface area contributed by atoms with E-state index < -0.39 is 11.6 Å². The van der Waals surface area contributed by atoms with Crippen LogP contribution in [0.2, 0.25) is 0 Å². The number of rotatable bonds is 5. The maximum Gasteiger partial charge on any atom is 0.224 e.